The van der Waals surface area contributed by atoms with Gasteiger partial charge in [0.15, 0.2) is 0 Å². The van der Waals surface area contributed by atoms with Crippen LogP contribution in [-0.4, -0.2) is 18.0 Å². The van der Waals surface area contributed by atoms with E-state index < -0.39 is 5.54 Å². The number of carbonyl (C=O) groups excluding carboxylic acids is 1. The third-order valence-electron chi connectivity index (χ3n) is 1.12. The quantitative estimate of drug-likeness (QED) is 0.596. The molecule has 1 amide bonds. The fourth-order valence-electron chi connectivity index (χ4n) is 0.466. The van der Waals surface area contributed by atoms with Gasteiger partial charge < -0.3 is 11.1 Å². The molecule has 0 spiro atoms. The number of carbonyl (C=O) groups is 1. The zero-order valence-corrected chi connectivity index (χ0v) is 6.90. The van der Waals surface area contributed by atoms with Gasteiger partial charge in [-0.2, -0.15) is 0 Å². The van der Waals surface area contributed by atoms with Crippen LogP contribution >= 0.6 is 0 Å². The topological polar surface area (TPSA) is 55.1 Å². The third kappa shape index (κ3) is 3.45. The van der Waals surface area contributed by atoms with Crippen LogP contribution in [0.3, 0.4) is 0 Å². The molecule has 0 heterocycles. The number of nitrogens with two attached hydrogens (primary N) is 1. The molecule has 0 aliphatic carbocycles. The van der Waals surface area contributed by atoms with Crippen molar-refractivity contribution < 1.29 is 4.79 Å². The van der Waals surface area contributed by atoms with Crippen LogP contribution in [0.4, 0.5) is 0 Å². The highest BCUT2D eigenvalue weighted by atomic mass is 16.2. The smallest absolute Gasteiger partial charge is 0.239 e. The van der Waals surface area contributed by atoms with Gasteiger partial charge in [-0.25, -0.2) is 0 Å². The van der Waals surface area contributed by atoms with Gasteiger partial charge in [-0.05, 0) is 20.3 Å². The van der Waals surface area contributed by atoms with Crippen molar-refractivity contribution in [2.24, 2.45) is 5.73 Å². The summed E-state index contributed by atoms with van der Waals surface area (Å²) in [6.07, 6.45) is 0.946. The number of nitrogens with one attached hydrogen (secondary N) is 1. The second kappa shape index (κ2) is 3.56. The van der Waals surface area contributed by atoms with E-state index in [1.54, 1.807) is 13.8 Å². The van der Waals surface area contributed by atoms with E-state index in [2.05, 4.69) is 5.32 Å². The summed E-state index contributed by atoms with van der Waals surface area (Å²) in [7, 11) is 0. The molecule has 3 nitrogen and oxygen atoms in total. The van der Waals surface area contributed by atoms with Crippen molar-refractivity contribution in [2.75, 3.05) is 6.54 Å². The van der Waals surface area contributed by atoms with E-state index in [1.165, 1.54) is 0 Å². The molecule has 0 fully saturated rings. The van der Waals surface area contributed by atoms with Gasteiger partial charge in [0.2, 0.25) is 5.91 Å². The van der Waals surface area contributed by atoms with Gasteiger partial charge in [0.25, 0.3) is 0 Å². The highest BCUT2D eigenvalue weighted by Gasteiger charge is 2.20. The Kier molecular flexibility index (Phi) is 3.36. The van der Waals surface area contributed by atoms with Gasteiger partial charge in [-0.3, -0.25) is 4.79 Å². The summed E-state index contributed by atoms with van der Waals surface area (Å²) in [4.78, 5) is 11.0. The molecule has 0 saturated carbocycles. The Bertz CT molecular complexity index is 115. The summed E-state index contributed by atoms with van der Waals surface area (Å²) in [6, 6.07) is 0. The second-order valence-electron chi connectivity index (χ2n) is 2.98. The average Bonchev–Trinajstić information content (AvgIpc) is 1.80. The Morgan fingerprint density at radius 2 is 2.10 bits per heavy atom. The minimum atomic E-state index is -0.741. The molecule has 0 atom stereocenters. The average molecular weight is 144 g/mol. The zero-order valence-electron chi connectivity index (χ0n) is 6.90. The predicted molar refractivity (Wildman–Crippen MR) is 41.6 cm³/mol. The fraction of sp³-hybridized carbons (Fsp3) is 0.857. The SMILES string of the molecule is CCCNC(=O)C(C)(C)N. The van der Waals surface area contributed by atoms with Gasteiger partial charge in [-0.1, -0.05) is 6.92 Å². The maximum atomic E-state index is 11.0. The molecule has 0 rings (SSSR count). The summed E-state index contributed by atoms with van der Waals surface area (Å²) >= 11 is 0. The Morgan fingerprint density at radius 1 is 1.60 bits per heavy atom. The Labute approximate surface area is 62.0 Å². The Balaban J connectivity index is 3.64. The van der Waals surface area contributed by atoms with Gasteiger partial charge in [-0.15, -0.1) is 0 Å². The van der Waals surface area contributed by atoms with Gasteiger partial charge in [0.1, 0.15) is 0 Å². The molecular weight excluding hydrogens is 128 g/mol. The third-order valence-corrected chi connectivity index (χ3v) is 1.12. The van der Waals surface area contributed by atoms with E-state index in [0.717, 1.165) is 6.42 Å². The maximum absolute atomic E-state index is 11.0. The molecule has 0 aromatic rings. The molecule has 0 saturated heterocycles. The highest BCUT2D eigenvalue weighted by Crippen LogP contribution is 1.94. The number of hydrogen-bond donors (Lipinski definition) is 2. The minimum absolute atomic E-state index is 0.0886. The summed E-state index contributed by atoms with van der Waals surface area (Å²) in [5.74, 6) is -0.0886. The molecule has 0 bridgehead atoms. The standard InChI is InChI=1S/C7H16N2O/c1-4-5-9-6(10)7(2,3)8/h4-5,8H2,1-3H3,(H,9,10). The largest absolute Gasteiger partial charge is 0.355 e. The van der Waals surface area contributed by atoms with Gasteiger partial charge in [0.05, 0.1) is 5.54 Å². The lowest BCUT2D eigenvalue weighted by atomic mass is 10.1. The lowest BCUT2D eigenvalue weighted by molar-refractivity contribution is -0.125. The van der Waals surface area contributed by atoms with E-state index >= 15 is 0 Å². The Morgan fingerprint density at radius 3 is 2.40 bits per heavy atom. The molecule has 3 heteroatoms. The molecule has 0 aliphatic rings. The number of hydrogen-bond acceptors (Lipinski definition) is 2. The van der Waals surface area contributed by atoms with Crippen molar-refractivity contribution in [3.63, 3.8) is 0 Å². The first kappa shape index (κ1) is 9.43. The van der Waals surface area contributed by atoms with Crippen LogP contribution in [0.2, 0.25) is 0 Å². The molecule has 10 heavy (non-hydrogen) atoms. The Hall–Kier alpha value is -0.570. The molecule has 0 aromatic carbocycles. The summed E-state index contributed by atoms with van der Waals surface area (Å²) in [6.45, 7) is 6.10. The molecule has 60 valence electrons. The normalized spacial score (nSPS) is 11.2. The van der Waals surface area contributed by atoms with Crippen molar-refractivity contribution >= 4 is 5.91 Å². The molecule has 0 unspecified atom stereocenters. The lowest BCUT2D eigenvalue weighted by Crippen LogP contribution is -2.49. The maximum Gasteiger partial charge on any atom is 0.239 e. The van der Waals surface area contributed by atoms with Gasteiger partial charge in [0, 0.05) is 6.54 Å². The highest BCUT2D eigenvalue weighted by molar-refractivity contribution is 5.84. The van der Waals surface area contributed by atoms with Crippen LogP contribution in [0.15, 0.2) is 0 Å². The van der Waals surface area contributed by atoms with E-state index in [-0.39, 0.29) is 5.91 Å². The van der Waals surface area contributed by atoms with Crippen molar-refractivity contribution in [1.29, 1.82) is 0 Å². The van der Waals surface area contributed by atoms with Crippen LogP contribution in [-0.2, 0) is 4.79 Å². The first-order valence-corrected chi connectivity index (χ1v) is 3.55. The minimum Gasteiger partial charge on any atom is -0.355 e. The number of amides is 1. The molecular formula is C7H16N2O. The van der Waals surface area contributed by atoms with Crippen molar-refractivity contribution in [3.05, 3.63) is 0 Å². The summed E-state index contributed by atoms with van der Waals surface area (Å²) in [5.41, 5.74) is 4.77. The molecule has 3 N–H and O–H groups in total. The molecule has 0 aromatic heterocycles. The van der Waals surface area contributed by atoms with Crippen LogP contribution in [0, 0.1) is 0 Å². The van der Waals surface area contributed by atoms with E-state index in [1.807, 2.05) is 6.92 Å². The first-order chi connectivity index (χ1) is 4.48. The predicted octanol–water partition coefficient (Wildman–Crippen LogP) is 0.250. The molecule has 0 aliphatic heterocycles. The first-order valence-electron chi connectivity index (χ1n) is 3.55. The van der Waals surface area contributed by atoms with Crippen LogP contribution in [0.25, 0.3) is 0 Å². The zero-order chi connectivity index (χ0) is 8.20. The summed E-state index contributed by atoms with van der Waals surface area (Å²) in [5, 5.41) is 2.71. The molecule has 0 radical (unpaired) electrons. The van der Waals surface area contributed by atoms with Crippen LogP contribution < -0.4 is 11.1 Å². The second-order valence-corrected chi connectivity index (χ2v) is 2.98. The van der Waals surface area contributed by atoms with Crippen molar-refractivity contribution in [3.8, 4) is 0 Å². The lowest BCUT2D eigenvalue weighted by Gasteiger charge is -2.16. The number of rotatable bonds is 3. The fourth-order valence-corrected chi connectivity index (χ4v) is 0.466. The van der Waals surface area contributed by atoms with Crippen LogP contribution in [0.5, 0.6) is 0 Å². The van der Waals surface area contributed by atoms with E-state index in [9.17, 15) is 4.79 Å². The monoisotopic (exact) mass is 144 g/mol. The van der Waals surface area contributed by atoms with Gasteiger partial charge >= 0.3 is 0 Å². The van der Waals surface area contributed by atoms with Crippen LogP contribution in [0.1, 0.15) is 27.2 Å². The van der Waals surface area contributed by atoms with E-state index in [4.69, 9.17) is 5.73 Å². The van der Waals surface area contributed by atoms with Crippen molar-refractivity contribution in [1.82, 2.24) is 5.32 Å². The van der Waals surface area contributed by atoms with Crippen molar-refractivity contribution in [2.45, 2.75) is 32.7 Å². The summed E-state index contributed by atoms with van der Waals surface area (Å²) < 4.78 is 0. The van der Waals surface area contributed by atoms with E-state index in [0.29, 0.717) is 6.54 Å².